The van der Waals surface area contributed by atoms with Crippen LogP contribution in [-0.4, -0.2) is 43.4 Å². The SMILES string of the molecule is CCOC(=O)Cn1c(=NC(=O)Cc2cccc(OC)c2)sc2cc3c(cc21)OCCO3. The number of fused-ring (bicyclic) bond motifs is 2. The van der Waals surface area contributed by atoms with Crippen molar-refractivity contribution in [3.63, 3.8) is 0 Å². The summed E-state index contributed by atoms with van der Waals surface area (Å²) in [5, 5.41) is 0. The summed E-state index contributed by atoms with van der Waals surface area (Å²) in [5.74, 6) is 1.18. The van der Waals surface area contributed by atoms with Crippen molar-refractivity contribution in [3.8, 4) is 17.2 Å². The molecule has 0 fully saturated rings. The lowest BCUT2D eigenvalue weighted by molar-refractivity contribution is -0.143. The van der Waals surface area contributed by atoms with E-state index in [1.54, 1.807) is 24.7 Å². The third-order valence-corrected chi connectivity index (χ3v) is 5.69. The number of rotatable bonds is 6. The number of hydrogen-bond acceptors (Lipinski definition) is 7. The van der Waals surface area contributed by atoms with Gasteiger partial charge >= 0.3 is 5.97 Å². The number of aromatic nitrogens is 1. The van der Waals surface area contributed by atoms with Gasteiger partial charge in [-0.2, -0.15) is 4.99 Å². The van der Waals surface area contributed by atoms with Gasteiger partial charge in [0.25, 0.3) is 5.91 Å². The monoisotopic (exact) mass is 442 g/mol. The van der Waals surface area contributed by atoms with E-state index in [2.05, 4.69) is 4.99 Å². The zero-order valence-corrected chi connectivity index (χ0v) is 18.1. The molecule has 3 aromatic rings. The van der Waals surface area contributed by atoms with Gasteiger partial charge in [-0.1, -0.05) is 23.5 Å². The molecule has 1 aromatic heterocycles. The Morgan fingerprint density at radius 1 is 1.16 bits per heavy atom. The van der Waals surface area contributed by atoms with Gasteiger partial charge in [0, 0.05) is 12.1 Å². The van der Waals surface area contributed by atoms with Crippen LogP contribution in [0.4, 0.5) is 0 Å². The lowest BCUT2D eigenvalue weighted by Crippen LogP contribution is -2.23. The summed E-state index contributed by atoms with van der Waals surface area (Å²) in [6.45, 7) is 2.90. The Kier molecular flexibility index (Phi) is 6.22. The van der Waals surface area contributed by atoms with Crippen LogP contribution in [0.1, 0.15) is 12.5 Å². The maximum atomic E-state index is 12.7. The van der Waals surface area contributed by atoms with E-state index in [1.165, 1.54) is 11.3 Å². The Morgan fingerprint density at radius 3 is 2.68 bits per heavy atom. The van der Waals surface area contributed by atoms with Crippen LogP contribution >= 0.6 is 11.3 Å². The van der Waals surface area contributed by atoms with E-state index in [9.17, 15) is 9.59 Å². The van der Waals surface area contributed by atoms with Crippen LogP contribution in [0.2, 0.25) is 0 Å². The zero-order valence-electron chi connectivity index (χ0n) is 17.3. The fourth-order valence-corrected chi connectivity index (χ4v) is 4.34. The molecule has 9 heteroatoms. The molecule has 1 amide bonds. The second-order valence-corrected chi connectivity index (χ2v) is 7.78. The number of methoxy groups -OCH3 is 1. The molecule has 0 saturated carbocycles. The molecule has 0 radical (unpaired) electrons. The number of esters is 1. The number of benzene rings is 2. The first-order chi connectivity index (χ1) is 15.1. The molecule has 2 heterocycles. The summed E-state index contributed by atoms with van der Waals surface area (Å²) >= 11 is 1.31. The number of thiazole rings is 1. The summed E-state index contributed by atoms with van der Waals surface area (Å²) in [5.41, 5.74) is 1.53. The second-order valence-electron chi connectivity index (χ2n) is 6.77. The van der Waals surface area contributed by atoms with Gasteiger partial charge in [0.2, 0.25) is 0 Å². The van der Waals surface area contributed by atoms with Crippen molar-refractivity contribution in [1.29, 1.82) is 0 Å². The third-order valence-electron chi connectivity index (χ3n) is 4.65. The van der Waals surface area contributed by atoms with Gasteiger partial charge in [-0.25, -0.2) is 0 Å². The molecule has 0 atom stereocenters. The van der Waals surface area contributed by atoms with Crippen molar-refractivity contribution in [2.75, 3.05) is 26.9 Å². The van der Waals surface area contributed by atoms with Crippen LogP contribution in [0.5, 0.6) is 17.2 Å². The fourth-order valence-electron chi connectivity index (χ4n) is 3.28. The lowest BCUT2D eigenvalue weighted by atomic mass is 10.1. The van der Waals surface area contributed by atoms with Crippen molar-refractivity contribution in [1.82, 2.24) is 4.57 Å². The quantitative estimate of drug-likeness (QED) is 0.546. The molecule has 31 heavy (non-hydrogen) atoms. The predicted octanol–water partition coefficient (Wildman–Crippen LogP) is 2.72. The molecule has 162 valence electrons. The maximum absolute atomic E-state index is 12.7. The minimum absolute atomic E-state index is 0.0568. The summed E-state index contributed by atoms with van der Waals surface area (Å²) < 4.78 is 24.2. The van der Waals surface area contributed by atoms with Gasteiger partial charge in [0.1, 0.15) is 25.5 Å². The van der Waals surface area contributed by atoms with Crippen LogP contribution in [-0.2, 0) is 27.3 Å². The molecule has 0 spiro atoms. The minimum atomic E-state index is -0.404. The Morgan fingerprint density at radius 2 is 1.94 bits per heavy atom. The first kappa shape index (κ1) is 20.9. The number of amides is 1. The van der Waals surface area contributed by atoms with Gasteiger partial charge in [-0.15, -0.1) is 0 Å². The van der Waals surface area contributed by atoms with Crippen LogP contribution < -0.4 is 19.0 Å². The molecule has 0 aliphatic carbocycles. The number of carbonyl (C=O) groups excluding carboxylic acids is 2. The van der Waals surface area contributed by atoms with Gasteiger partial charge < -0.3 is 23.5 Å². The van der Waals surface area contributed by atoms with Gasteiger partial charge in [0.15, 0.2) is 16.3 Å². The molecule has 0 bridgehead atoms. The first-order valence-electron chi connectivity index (χ1n) is 9.86. The molecule has 8 nitrogen and oxygen atoms in total. The Bertz CT molecular complexity index is 1200. The number of nitrogens with zero attached hydrogens (tertiary/aromatic N) is 2. The highest BCUT2D eigenvalue weighted by molar-refractivity contribution is 7.16. The van der Waals surface area contributed by atoms with Crippen molar-refractivity contribution in [3.05, 3.63) is 46.8 Å². The first-order valence-corrected chi connectivity index (χ1v) is 10.7. The summed E-state index contributed by atoms with van der Waals surface area (Å²) in [4.78, 5) is 29.6. The largest absolute Gasteiger partial charge is 0.497 e. The second kappa shape index (κ2) is 9.22. The molecular weight excluding hydrogens is 420 g/mol. The minimum Gasteiger partial charge on any atom is -0.497 e. The summed E-state index contributed by atoms with van der Waals surface area (Å²) in [6, 6.07) is 10.9. The topological polar surface area (TPSA) is 88.4 Å². The van der Waals surface area contributed by atoms with E-state index < -0.39 is 5.97 Å². The van der Waals surface area contributed by atoms with Crippen molar-refractivity contribution in [2.45, 2.75) is 19.9 Å². The normalized spacial score (nSPS) is 13.3. The standard InChI is InChI=1S/C22H22N2O6S/c1-3-28-21(26)13-24-16-11-17-18(30-8-7-29-17)12-19(16)31-22(24)23-20(25)10-14-5-4-6-15(9-14)27-2/h4-6,9,11-12H,3,7-8,10,13H2,1-2H3. The molecule has 4 rings (SSSR count). The summed E-state index contributed by atoms with van der Waals surface area (Å²) in [7, 11) is 1.58. The number of ether oxygens (including phenoxy) is 4. The highest BCUT2D eigenvalue weighted by Crippen LogP contribution is 2.35. The zero-order chi connectivity index (χ0) is 21.8. The Hall–Kier alpha value is -3.33. The van der Waals surface area contributed by atoms with Gasteiger partial charge in [-0.3, -0.25) is 9.59 Å². The van der Waals surface area contributed by atoms with Crippen molar-refractivity contribution in [2.24, 2.45) is 4.99 Å². The van der Waals surface area contributed by atoms with E-state index in [0.717, 1.165) is 15.8 Å². The van der Waals surface area contributed by atoms with Crippen LogP contribution in [0, 0.1) is 0 Å². The molecule has 0 N–H and O–H groups in total. The Balaban J connectivity index is 1.73. The molecule has 0 saturated heterocycles. The lowest BCUT2D eigenvalue weighted by Gasteiger charge is -2.18. The highest BCUT2D eigenvalue weighted by atomic mass is 32.1. The van der Waals surface area contributed by atoms with E-state index >= 15 is 0 Å². The van der Waals surface area contributed by atoms with E-state index in [1.807, 2.05) is 30.3 Å². The molecule has 1 aliphatic heterocycles. The molecule has 0 unspecified atom stereocenters. The van der Waals surface area contributed by atoms with Gasteiger partial charge in [0.05, 0.1) is 30.4 Å². The maximum Gasteiger partial charge on any atom is 0.326 e. The molecule has 2 aromatic carbocycles. The third kappa shape index (κ3) is 4.72. The van der Waals surface area contributed by atoms with Gasteiger partial charge in [-0.05, 0) is 24.6 Å². The van der Waals surface area contributed by atoms with Crippen molar-refractivity contribution >= 4 is 33.4 Å². The van der Waals surface area contributed by atoms with Crippen LogP contribution in [0.25, 0.3) is 10.2 Å². The Labute approximate surface area is 182 Å². The van der Waals surface area contributed by atoms with Crippen molar-refractivity contribution < 1.29 is 28.5 Å². The predicted molar refractivity (Wildman–Crippen MR) is 115 cm³/mol. The summed E-state index contributed by atoms with van der Waals surface area (Å²) in [6.07, 6.45) is 0.119. The highest BCUT2D eigenvalue weighted by Gasteiger charge is 2.18. The number of hydrogen-bond donors (Lipinski definition) is 0. The smallest absolute Gasteiger partial charge is 0.326 e. The fraction of sp³-hybridized carbons (Fsp3) is 0.318. The average molecular weight is 442 g/mol. The molecular formula is C22H22N2O6S. The van der Waals surface area contributed by atoms with Crippen LogP contribution in [0.3, 0.4) is 0 Å². The van der Waals surface area contributed by atoms with E-state index in [4.69, 9.17) is 18.9 Å². The number of carbonyl (C=O) groups is 2. The molecule has 1 aliphatic rings. The van der Waals surface area contributed by atoms with E-state index in [0.29, 0.717) is 35.3 Å². The van der Waals surface area contributed by atoms with E-state index in [-0.39, 0.29) is 25.5 Å². The average Bonchev–Trinajstić information content (AvgIpc) is 3.08. The van der Waals surface area contributed by atoms with Crippen LogP contribution in [0.15, 0.2) is 41.4 Å².